The number of pyridine rings is 1. The zero-order chi connectivity index (χ0) is 12.0. The van der Waals surface area contributed by atoms with E-state index in [9.17, 15) is 0 Å². The van der Waals surface area contributed by atoms with Crippen molar-refractivity contribution < 1.29 is 0 Å². The molecule has 88 valence electrons. The molecule has 1 fully saturated rings. The standard InChI is InChI=1S/C13H16N4/c1-13(2)6-9(13)11-10(12(14)17-16-11)8-4-3-5-15-7-8/h3-5,7,9H,6H2,1-2H3,(H3,14,16,17). The fraction of sp³-hybridized carbons (Fsp3) is 0.385. The minimum absolute atomic E-state index is 0.357. The van der Waals surface area contributed by atoms with Crippen LogP contribution in [0.5, 0.6) is 0 Å². The smallest absolute Gasteiger partial charge is 0.153 e. The van der Waals surface area contributed by atoms with Crippen LogP contribution in [0.25, 0.3) is 11.1 Å². The summed E-state index contributed by atoms with van der Waals surface area (Å²) in [4.78, 5) is 4.14. The zero-order valence-electron chi connectivity index (χ0n) is 10.1. The van der Waals surface area contributed by atoms with Gasteiger partial charge in [0.25, 0.3) is 0 Å². The number of aromatic amines is 1. The highest BCUT2D eigenvalue weighted by atomic mass is 15.2. The van der Waals surface area contributed by atoms with E-state index in [0.717, 1.165) is 16.8 Å². The molecule has 0 radical (unpaired) electrons. The molecule has 2 aromatic rings. The van der Waals surface area contributed by atoms with E-state index in [0.29, 0.717) is 17.2 Å². The highest BCUT2D eigenvalue weighted by Gasteiger charge is 2.48. The maximum atomic E-state index is 5.96. The van der Waals surface area contributed by atoms with E-state index in [1.165, 1.54) is 6.42 Å². The molecule has 2 heterocycles. The molecule has 3 rings (SSSR count). The van der Waals surface area contributed by atoms with Gasteiger partial charge in [0.15, 0.2) is 5.82 Å². The molecule has 1 unspecified atom stereocenters. The molecule has 0 amide bonds. The number of hydrogen-bond acceptors (Lipinski definition) is 3. The summed E-state index contributed by atoms with van der Waals surface area (Å²) >= 11 is 0. The predicted octanol–water partition coefficient (Wildman–Crippen LogP) is 2.57. The average Bonchev–Trinajstić information content (AvgIpc) is 2.78. The van der Waals surface area contributed by atoms with Crippen LogP contribution in [-0.2, 0) is 0 Å². The second kappa shape index (κ2) is 3.32. The number of anilines is 1. The van der Waals surface area contributed by atoms with Crippen molar-refractivity contribution in [2.24, 2.45) is 5.41 Å². The molecule has 1 saturated carbocycles. The summed E-state index contributed by atoms with van der Waals surface area (Å²) in [5.41, 5.74) is 9.53. The fourth-order valence-corrected chi connectivity index (χ4v) is 2.40. The van der Waals surface area contributed by atoms with Gasteiger partial charge in [0, 0.05) is 35.1 Å². The number of nitrogens with one attached hydrogen (secondary N) is 1. The van der Waals surface area contributed by atoms with Gasteiger partial charge in [-0.2, -0.15) is 5.10 Å². The van der Waals surface area contributed by atoms with Crippen molar-refractivity contribution in [3.63, 3.8) is 0 Å². The first-order chi connectivity index (χ1) is 8.09. The van der Waals surface area contributed by atoms with Gasteiger partial charge >= 0.3 is 0 Å². The first-order valence-electron chi connectivity index (χ1n) is 5.84. The summed E-state index contributed by atoms with van der Waals surface area (Å²) in [7, 11) is 0. The molecule has 1 aliphatic carbocycles. The SMILES string of the molecule is CC1(C)CC1c1[nH]nc(N)c1-c1cccnc1. The summed E-state index contributed by atoms with van der Waals surface area (Å²) in [5, 5.41) is 7.23. The Labute approximate surface area is 100 Å². The molecule has 0 bridgehead atoms. The normalized spacial score (nSPS) is 21.4. The van der Waals surface area contributed by atoms with Gasteiger partial charge in [-0.1, -0.05) is 19.9 Å². The van der Waals surface area contributed by atoms with Crippen LogP contribution in [0.2, 0.25) is 0 Å². The third kappa shape index (κ3) is 1.60. The molecule has 3 N–H and O–H groups in total. The second-order valence-corrected chi connectivity index (χ2v) is 5.38. The van der Waals surface area contributed by atoms with E-state index in [1.54, 1.807) is 6.20 Å². The quantitative estimate of drug-likeness (QED) is 0.830. The number of hydrogen-bond donors (Lipinski definition) is 2. The monoisotopic (exact) mass is 228 g/mol. The minimum atomic E-state index is 0.357. The third-order valence-corrected chi connectivity index (χ3v) is 3.63. The average molecular weight is 228 g/mol. The van der Waals surface area contributed by atoms with Gasteiger partial charge in [-0.05, 0) is 17.9 Å². The second-order valence-electron chi connectivity index (χ2n) is 5.38. The van der Waals surface area contributed by atoms with Crippen molar-refractivity contribution in [1.29, 1.82) is 0 Å². The molecule has 4 heteroatoms. The Morgan fingerprint density at radius 2 is 2.24 bits per heavy atom. The number of nitrogen functional groups attached to an aromatic ring is 1. The van der Waals surface area contributed by atoms with Crippen LogP contribution >= 0.6 is 0 Å². The van der Waals surface area contributed by atoms with E-state index in [1.807, 2.05) is 18.3 Å². The Morgan fingerprint density at radius 1 is 1.47 bits per heavy atom. The molecular weight excluding hydrogens is 212 g/mol. The summed E-state index contributed by atoms with van der Waals surface area (Å²) in [6, 6.07) is 3.94. The lowest BCUT2D eigenvalue weighted by Gasteiger charge is -2.05. The van der Waals surface area contributed by atoms with E-state index in [4.69, 9.17) is 5.73 Å². The van der Waals surface area contributed by atoms with Crippen molar-refractivity contribution in [2.75, 3.05) is 5.73 Å². The Balaban J connectivity index is 2.08. The van der Waals surface area contributed by atoms with Crippen LogP contribution in [0.3, 0.4) is 0 Å². The van der Waals surface area contributed by atoms with E-state index < -0.39 is 0 Å². The van der Waals surface area contributed by atoms with E-state index >= 15 is 0 Å². The van der Waals surface area contributed by atoms with Crippen molar-refractivity contribution >= 4 is 5.82 Å². The topological polar surface area (TPSA) is 67.6 Å². The van der Waals surface area contributed by atoms with Crippen molar-refractivity contribution in [3.05, 3.63) is 30.2 Å². The van der Waals surface area contributed by atoms with Gasteiger partial charge in [-0.15, -0.1) is 0 Å². The Kier molecular flexibility index (Phi) is 2.02. The van der Waals surface area contributed by atoms with Crippen LogP contribution in [0, 0.1) is 5.41 Å². The van der Waals surface area contributed by atoms with Gasteiger partial charge in [-0.25, -0.2) is 0 Å². The van der Waals surface area contributed by atoms with Crippen molar-refractivity contribution in [1.82, 2.24) is 15.2 Å². The van der Waals surface area contributed by atoms with Crippen molar-refractivity contribution in [3.8, 4) is 11.1 Å². The van der Waals surface area contributed by atoms with E-state index in [2.05, 4.69) is 29.0 Å². The third-order valence-electron chi connectivity index (χ3n) is 3.63. The van der Waals surface area contributed by atoms with Crippen LogP contribution in [0.15, 0.2) is 24.5 Å². The maximum absolute atomic E-state index is 5.96. The first-order valence-corrected chi connectivity index (χ1v) is 5.84. The maximum Gasteiger partial charge on any atom is 0.153 e. The highest BCUT2D eigenvalue weighted by Crippen LogP contribution is 2.60. The van der Waals surface area contributed by atoms with Gasteiger partial charge in [0.05, 0.1) is 0 Å². The highest BCUT2D eigenvalue weighted by molar-refractivity contribution is 5.76. The number of nitrogens with two attached hydrogens (primary N) is 1. The summed E-state index contributed by atoms with van der Waals surface area (Å²) in [6.45, 7) is 4.53. The lowest BCUT2D eigenvalue weighted by atomic mass is 10.0. The van der Waals surface area contributed by atoms with Crippen LogP contribution < -0.4 is 5.73 Å². The summed E-state index contributed by atoms with van der Waals surface area (Å²) in [5.74, 6) is 1.10. The molecule has 4 nitrogen and oxygen atoms in total. The number of aromatic nitrogens is 3. The number of nitrogens with zero attached hydrogens (tertiary/aromatic N) is 2. The van der Waals surface area contributed by atoms with Crippen molar-refractivity contribution in [2.45, 2.75) is 26.2 Å². The molecule has 0 spiro atoms. The van der Waals surface area contributed by atoms with Crippen LogP contribution in [-0.4, -0.2) is 15.2 Å². The van der Waals surface area contributed by atoms with Gasteiger partial charge < -0.3 is 5.73 Å². The van der Waals surface area contributed by atoms with Gasteiger partial charge in [0.1, 0.15) is 0 Å². The summed E-state index contributed by atoms with van der Waals surface area (Å²) < 4.78 is 0. The largest absolute Gasteiger partial charge is 0.382 e. The Hall–Kier alpha value is -1.84. The van der Waals surface area contributed by atoms with Crippen LogP contribution in [0.1, 0.15) is 31.9 Å². The Morgan fingerprint density at radius 3 is 2.82 bits per heavy atom. The number of H-pyrrole nitrogens is 1. The molecule has 0 aliphatic heterocycles. The lowest BCUT2D eigenvalue weighted by molar-refractivity contribution is 0.615. The molecule has 2 aromatic heterocycles. The molecule has 1 atom stereocenters. The molecule has 17 heavy (non-hydrogen) atoms. The Bertz CT molecular complexity index is 542. The number of rotatable bonds is 2. The molecular formula is C13H16N4. The van der Waals surface area contributed by atoms with Crippen LogP contribution in [0.4, 0.5) is 5.82 Å². The summed E-state index contributed by atoms with van der Waals surface area (Å²) in [6.07, 6.45) is 4.78. The zero-order valence-corrected chi connectivity index (χ0v) is 10.1. The first kappa shape index (κ1) is 10.3. The van der Waals surface area contributed by atoms with E-state index in [-0.39, 0.29) is 0 Å². The minimum Gasteiger partial charge on any atom is -0.382 e. The molecule has 0 aromatic carbocycles. The fourth-order valence-electron chi connectivity index (χ4n) is 2.40. The predicted molar refractivity (Wildman–Crippen MR) is 67.4 cm³/mol. The molecule has 0 saturated heterocycles. The lowest BCUT2D eigenvalue weighted by Crippen LogP contribution is -1.94. The molecule has 1 aliphatic rings. The van der Waals surface area contributed by atoms with Gasteiger partial charge in [0.2, 0.25) is 0 Å². The van der Waals surface area contributed by atoms with Gasteiger partial charge in [-0.3, -0.25) is 10.1 Å².